The van der Waals surface area contributed by atoms with E-state index in [1.807, 2.05) is 4.52 Å². The van der Waals surface area contributed by atoms with Crippen LogP contribution >= 0.6 is 0 Å². The van der Waals surface area contributed by atoms with Crippen LogP contribution in [0.4, 0.5) is 10.3 Å². The number of nitrogens with one attached hydrogen (secondary N) is 1. The minimum atomic E-state index is -0.235. The van der Waals surface area contributed by atoms with Crippen molar-refractivity contribution in [2.45, 2.75) is 46.1 Å². The fraction of sp³-hybridized carbons (Fsp3) is 0.389. The molecule has 0 unspecified atom stereocenters. The van der Waals surface area contributed by atoms with Gasteiger partial charge in [-0.25, -0.2) is 9.37 Å². The SMILES string of the molecule is CCCc1cc(CCC)n2nc(NCc3ccc(F)cc3)nc2n1. The molecule has 6 heteroatoms. The average Bonchev–Trinajstić information content (AvgIpc) is 2.98. The number of nitrogens with zero attached hydrogens (tertiary/aromatic N) is 4. The molecule has 1 aromatic carbocycles. The van der Waals surface area contributed by atoms with E-state index in [1.165, 1.54) is 12.1 Å². The van der Waals surface area contributed by atoms with Crippen molar-refractivity contribution in [2.75, 3.05) is 5.32 Å². The number of anilines is 1. The van der Waals surface area contributed by atoms with Gasteiger partial charge in [-0.15, -0.1) is 5.10 Å². The molecule has 5 nitrogen and oxygen atoms in total. The van der Waals surface area contributed by atoms with Crippen molar-refractivity contribution in [2.24, 2.45) is 0 Å². The Bertz CT molecular complexity index is 810. The molecule has 0 saturated heterocycles. The summed E-state index contributed by atoms with van der Waals surface area (Å²) in [5.41, 5.74) is 3.17. The van der Waals surface area contributed by atoms with Crippen LogP contribution in [0, 0.1) is 5.82 Å². The molecule has 3 rings (SSSR count). The van der Waals surface area contributed by atoms with Gasteiger partial charge in [-0.3, -0.25) is 0 Å². The van der Waals surface area contributed by atoms with Gasteiger partial charge in [0.05, 0.1) is 0 Å². The van der Waals surface area contributed by atoms with E-state index < -0.39 is 0 Å². The highest BCUT2D eigenvalue weighted by atomic mass is 19.1. The fourth-order valence-corrected chi connectivity index (χ4v) is 2.66. The first-order chi connectivity index (χ1) is 11.7. The normalized spacial score (nSPS) is 11.1. The number of aryl methyl sites for hydroxylation is 2. The van der Waals surface area contributed by atoms with E-state index >= 15 is 0 Å². The van der Waals surface area contributed by atoms with Crippen molar-refractivity contribution in [1.82, 2.24) is 19.6 Å². The summed E-state index contributed by atoms with van der Waals surface area (Å²) >= 11 is 0. The number of rotatable bonds is 7. The molecule has 0 bridgehead atoms. The maximum atomic E-state index is 13.0. The quantitative estimate of drug-likeness (QED) is 0.717. The van der Waals surface area contributed by atoms with Crippen LogP contribution in [0.15, 0.2) is 30.3 Å². The molecule has 0 radical (unpaired) electrons. The van der Waals surface area contributed by atoms with Crippen molar-refractivity contribution in [3.05, 3.63) is 53.1 Å². The van der Waals surface area contributed by atoms with E-state index in [0.717, 1.165) is 42.6 Å². The van der Waals surface area contributed by atoms with Crippen molar-refractivity contribution in [1.29, 1.82) is 0 Å². The van der Waals surface area contributed by atoms with Crippen LogP contribution in [-0.2, 0) is 19.4 Å². The summed E-state index contributed by atoms with van der Waals surface area (Å²) in [5.74, 6) is 0.935. The number of benzene rings is 1. The summed E-state index contributed by atoms with van der Waals surface area (Å²) in [4.78, 5) is 9.08. The van der Waals surface area contributed by atoms with Crippen molar-refractivity contribution >= 4 is 11.7 Å². The molecule has 0 saturated carbocycles. The lowest BCUT2D eigenvalue weighted by atomic mass is 10.2. The molecule has 3 aromatic rings. The molecule has 2 heterocycles. The zero-order valence-corrected chi connectivity index (χ0v) is 14.1. The summed E-state index contributed by atoms with van der Waals surface area (Å²) in [7, 11) is 0. The zero-order valence-electron chi connectivity index (χ0n) is 14.1. The lowest BCUT2D eigenvalue weighted by molar-refractivity contribution is 0.627. The maximum absolute atomic E-state index is 13.0. The molecule has 0 aliphatic heterocycles. The van der Waals surface area contributed by atoms with E-state index in [2.05, 4.69) is 40.3 Å². The first-order valence-corrected chi connectivity index (χ1v) is 8.43. The highest BCUT2D eigenvalue weighted by Crippen LogP contribution is 2.13. The number of fused-ring (bicyclic) bond motifs is 1. The molecule has 126 valence electrons. The second-order valence-corrected chi connectivity index (χ2v) is 5.87. The van der Waals surface area contributed by atoms with E-state index in [-0.39, 0.29) is 5.82 Å². The summed E-state index contributed by atoms with van der Waals surface area (Å²) in [5, 5.41) is 7.71. The van der Waals surface area contributed by atoms with Gasteiger partial charge >= 0.3 is 0 Å². The molecule has 0 spiro atoms. The van der Waals surface area contributed by atoms with Gasteiger partial charge in [0.15, 0.2) is 0 Å². The molecule has 0 atom stereocenters. The average molecular weight is 327 g/mol. The topological polar surface area (TPSA) is 55.1 Å². The third-order valence-corrected chi connectivity index (χ3v) is 3.82. The Morgan fingerprint density at radius 1 is 1.04 bits per heavy atom. The Hall–Kier alpha value is -2.50. The molecular weight excluding hydrogens is 305 g/mol. The van der Waals surface area contributed by atoms with Crippen molar-refractivity contribution in [3.63, 3.8) is 0 Å². The van der Waals surface area contributed by atoms with E-state index in [9.17, 15) is 4.39 Å². The van der Waals surface area contributed by atoms with Crippen molar-refractivity contribution < 1.29 is 4.39 Å². The fourth-order valence-electron chi connectivity index (χ4n) is 2.66. The van der Waals surface area contributed by atoms with Gasteiger partial charge in [0.1, 0.15) is 5.82 Å². The predicted octanol–water partition coefficient (Wildman–Crippen LogP) is 3.78. The van der Waals surface area contributed by atoms with Crippen molar-refractivity contribution in [3.8, 4) is 0 Å². The van der Waals surface area contributed by atoms with Gasteiger partial charge in [-0.05, 0) is 36.6 Å². The molecule has 24 heavy (non-hydrogen) atoms. The number of hydrogen-bond acceptors (Lipinski definition) is 4. The molecule has 0 fully saturated rings. The van der Waals surface area contributed by atoms with Crippen LogP contribution in [0.1, 0.15) is 43.6 Å². The van der Waals surface area contributed by atoms with Crippen LogP contribution in [0.2, 0.25) is 0 Å². The molecule has 0 aliphatic rings. The number of halogens is 1. The lowest BCUT2D eigenvalue weighted by Gasteiger charge is -2.05. The highest BCUT2D eigenvalue weighted by molar-refractivity contribution is 5.40. The standard InChI is InChI=1S/C18H22FN5/c1-3-5-15-11-16(6-4-2)24-18(21-15)22-17(23-24)20-12-13-7-9-14(19)10-8-13/h7-11H,3-6,12H2,1-2H3,(H,20,23). The molecule has 1 N–H and O–H groups in total. The van der Waals surface area contributed by atoms with Gasteiger partial charge < -0.3 is 5.32 Å². The highest BCUT2D eigenvalue weighted by Gasteiger charge is 2.10. The third-order valence-electron chi connectivity index (χ3n) is 3.82. The molecule has 0 aliphatic carbocycles. The largest absolute Gasteiger partial charge is 0.349 e. The van der Waals surface area contributed by atoms with Gasteiger partial charge in [0.25, 0.3) is 5.78 Å². The van der Waals surface area contributed by atoms with E-state index in [1.54, 1.807) is 12.1 Å². The Labute approximate surface area is 141 Å². The van der Waals surface area contributed by atoms with Gasteiger partial charge in [-0.2, -0.15) is 9.50 Å². The monoisotopic (exact) mass is 327 g/mol. The second-order valence-electron chi connectivity index (χ2n) is 5.87. The smallest absolute Gasteiger partial charge is 0.254 e. The third kappa shape index (κ3) is 3.69. The minimum Gasteiger partial charge on any atom is -0.349 e. The zero-order chi connectivity index (χ0) is 16.9. The number of aromatic nitrogens is 4. The Morgan fingerprint density at radius 2 is 1.79 bits per heavy atom. The van der Waals surface area contributed by atoms with Crippen LogP contribution in [0.25, 0.3) is 5.78 Å². The summed E-state index contributed by atoms with van der Waals surface area (Å²) < 4.78 is 14.8. The van der Waals surface area contributed by atoms with Crippen LogP contribution in [0.3, 0.4) is 0 Å². The van der Waals surface area contributed by atoms with E-state index in [0.29, 0.717) is 18.3 Å². The minimum absolute atomic E-state index is 0.235. The van der Waals surface area contributed by atoms with Gasteiger partial charge in [-0.1, -0.05) is 38.8 Å². The van der Waals surface area contributed by atoms with Gasteiger partial charge in [0.2, 0.25) is 5.95 Å². The predicted molar refractivity (Wildman–Crippen MR) is 92.5 cm³/mol. The maximum Gasteiger partial charge on any atom is 0.254 e. The molecule has 2 aromatic heterocycles. The van der Waals surface area contributed by atoms with Gasteiger partial charge in [0, 0.05) is 17.9 Å². The van der Waals surface area contributed by atoms with Crippen LogP contribution in [0.5, 0.6) is 0 Å². The number of hydrogen-bond donors (Lipinski definition) is 1. The summed E-state index contributed by atoms with van der Waals surface area (Å²) in [6.45, 7) is 4.84. The van der Waals surface area contributed by atoms with Crippen LogP contribution in [-0.4, -0.2) is 19.6 Å². The summed E-state index contributed by atoms with van der Waals surface area (Å²) in [6, 6.07) is 8.52. The molecule has 0 amide bonds. The first-order valence-electron chi connectivity index (χ1n) is 8.43. The van der Waals surface area contributed by atoms with Crippen LogP contribution < -0.4 is 5.32 Å². The Balaban J connectivity index is 1.83. The van der Waals surface area contributed by atoms with E-state index in [4.69, 9.17) is 0 Å². The Kier molecular flexibility index (Phi) is 5.03. The second kappa shape index (κ2) is 7.38. The summed E-state index contributed by atoms with van der Waals surface area (Å²) in [6.07, 6.45) is 3.98. The lowest BCUT2D eigenvalue weighted by Crippen LogP contribution is -2.04. The first kappa shape index (κ1) is 16.4. The Morgan fingerprint density at radius 3 is 2.50 bits per heavy atom. The molecular formula is C18H22FN5.